The van der Waals surface area contributed by atoms with Gasteiger partial charge in [-0.05, 0) is 89.4 Å². The summed E-state index contributed by atoms with van der Waals surface area (Å²) in [6, 6.07) is 28.9. The first kappa shape index (κ1) is 36.1. The Morgan fingerprint density at radius 1 is 0.891 bits per heavy atom. The fourth-order valence-corrected chi connectivity index (χ4v) is 9.92. The zero-order valence-electron chi connectivity index (χ0n) is 31.2. The summed E-state index contributed by atoms with van der Waals surface area (Å²) in [6.07, 6.45) is 11.9. The van der Waals surface area contributed by atoms with Gasteiger partial charge in [0.1, 0.15) is 5.69 Å². The molecule has 1 amide bonds. The van der Waals surface area contributed by atoms with Crippen LogP contribution in [0, 0.1) is 5.92 Å². The molecule has 2 atom stereocenters. The maximum Gasteiger partial charge on any atom is 0.272 e. The van der Waals surface area contributed by atoms with Gasteiger partial charge in [0.15, 0.2) is 0 Å². The SMILES string of the molecule is CC1CC=CN2C(=C1c1ccccc1)c1c(C(=O)Nc3cc(CO)ccc3N3CCN(C4CCCCC4)CC3)[nH]c3cc(Cl)cc(c13)C2c1ccc(Cl)cc1. The predicted molar refractivity (Wildman–Crippen MR) is 226 cm³/mol. The molecule has 7 nitrogen and oxygen atoms in total. The number of carbonyl (C=O) groups excluding carboxylic acids is 1. The molecule has 1 saturated carbocycles. The van der Waals surface area contributed by atoms with Crippen molar-refractivity contribution in [3.8, 4) is 0 Å². The lowest BCUT2D eigenvalue weighted by atomic mass is 9.82. The molecule has 2 fully saturated rings. The third-order valence-electron chi connectivity index (χ3n) is 12.2. The Morgan fingerprint density at radius 2 is 1.65 bits per heavy atom. The van der Waals surface area contributed by atoms with Crippen molar-refractivity contribution in [2.45, 2.75) is 64.1 Å². The van der Waals surface area contributed by atoms with Gasteiger partial charge < -0.3 is 25.2 Å². The highest BCUT2D eigenvalue weighted by molar-refractivity contribution is 6.32. The first-order valence-electron chi connectivity index (χ1n) is 19.8. The second kappa shape index (κ2) is 15.2. The summed E-state index contributed by atoms with van der Waals surface area (Å²) in [5.74, 6) is -0.0736. The smallest absolute Gasteiger partial charge is 0.272 e. The predicted octanol–water partition coefficient (Wildman–Crippen LogP) is 10.5. The molecule has 0 bridgehead atoms. The number of anilines is 2. The molecule has 4 heterocycles. The number of benzene rings is 4. The molecule has 0 spiro atoms. The van der Waals surface area contributed by atoms with Gasteiger partial charge in [0, 0.05) is 64.9 Å². The fraction of sp³-hybridized carbons (Fsp3) is 0.326. The number of aromatic amines is 1. The van der Waals surface area contributed by atoms with Crippen LogP contribution in [0.2, 0.25) is 10.0 Å². The average molecular weight is 773 g/mol. The summed E-state index contributed by atoms with van der Waals surface area (Å²) in [4.78, 5) is 26.0. The van der Waals surface area contributed by atoms with E-state index in [-0.39, 0.29) is 24.5 Å². The average Bonchev–Trinajstić information content (AvgIpc) is 3.51. The normalized spacial score (nSPS) is 20.5. The topological polar surface area (TPSA) is 74.8 Å². The number of halogens is 2. The molecule has 3 N–H and O–H groups in total. The van der Waals surface area contributed by atoms with Crippen LogP contribution < -0.4 is 10.2 Å². The summed E-state index contributed by atoms with van der Waals surface area (Å²) >= 11 is 13.3. The molecule has 2 unspecified atom stereocenters. The first-order valence-corrected chi connectivity index (χ1v) is 20.5. The summed E-state index contributed by atoms with van der Waals surface area (Å²) in [5.41, 5.74) is 9.97. The largest absolute Gasteiger partial charge is 0.392 e. The zero-order valence-corrected chi connectivity index (χ0v) is 32.7. The molecular weight excluding hydrogens is 725 g/mol. The number of nitrogens with zero attached hydrogens (tertiary/aromatic N) is 3. The Labute approximate surface area is 333 Å². The number of carbonyl (C=O) groups is 1. The summed E-state index contributed by atoms with van der Waals surface area (Å²) in [5, 5.41) is 15.8. The number of aliphatic hydroxyl groups is 1. The molecule has 1 aromatic heterocycles. The van der Waals surface area contributed by atoms with Crippen LogP contribution in [0.15, 0.2) is 97.2 Å². The van der Waals surface area contributed by atoms with Crippen LogP contribution in [0.3, 0.4) is 0 Å². The minimum Gasteiger partial charge on any atom is -0.392 e. The molecule has 0 radical (unpaired) electrons. The van der Waals surface area contributed by atoms with Gasteiger partial charge in [-0.1, -0.05) is 104 Å². The van der Waals surface area contributed by atoms with Gasteiger partial charge in [0.05, 0.1) is 29.7 Å². The zero-order chi connectivity index (χ0) is 37.6. The van der Waals surface area contributed by atoms with Gasteiger partial charge in [-0.15, -0.1) is 0 Å². The number of hydrogen-bond acceptors (Lipinski definition) is 5. The minimum absolute atomic E-state index is 0.114. The fourth-order valence-electron chi connectivity index (χ4n) is 9.56. The highest BCUT2D eigenvalue weighted by Gasteiger charge is 2.40. The van der Waals surface area contributed by atoms with Crippen LogP contribution in [0.25, 0.3) is 22.2 Å². The minimum atomic E-state index is -0.240. The number of aromatic nitrogens is 1. The van der Waals surface area contributed by atoms with Gasteiger partial charge in [0.2, 0.25) is 0 Å². The number of allylic oxidation sites excluding steroid dienone is 2. The van der Waals surface area contributed by atoms with Crippen LogP contribution in [0.5, 0.6) is 0 Å². The quantitative estimate of drug-likeness (QED) is 0.154. The van der Waals surface area contributed by atoms with E-state index in [1.807, 2.05) is 42.5 Å². The highest BCUT2D eigenvalue weighted by Crippen LogP contribution is 2.53. The van der Waals surface area contributed by atoms with Gasteiger partial charge in [-0.3, -0.25) is 9.69 Å². The van der Waals surface area contributed by atoms with E-state index >= 15 is 4.79 Å². The van der Waals surface area contributed by atoms with Crippen molar-refractivity contribution in [1.82, 2.24) is 14.8 Å². The van der Waals surface area contributed by atoms with Crippen molar-refractivity contribution in [2.24, 2.45) is 5.92 Å². The lowest BCUT2D eigenvalue weighted by Gasteiger charge is -2.42. The van der Waals surface area contributed by atoms with Crippen molar-refractivity contribution in [3.05, 3.63) is 141 Å². The Hall–Kier alpha value is -4.53. The Bertz CT molecular complexity index is 2280. The van der Waals surface area contributed by atoms with E-state index in [1.165, 1.54) is 37.7 Å². The lowest BCUT2D eigenvalue weighted by Crippen LogP contribution is -2.51. The van der Waals surface area contributed by atoms with Crippen LogP contribution in [-0.2, 0) is 6.61 Å². The highest BCUT2D eigenvalue weighted by atomic mass is 35.5. The molecule has 4 aromatic carbocycles. The van der Waals surface area contributed by atoms with E-state index in [0.29, 0.717) is 27.5 Å². The third-order valence-corrected chi connectivity index (χ3v) is 12.7. The van der Waals surface area contributed by atoms with Crippen LogP contribution in [0.4, 0.5) is 11.4 Å². The number of nitrogens with one attached hydrogen (secondary N) is 2. The number of rotatable bonds is 7. The molecule has 1 saturated heterocycles. The molecular formula is C46H47Cl2N5O2. The van der Waals surface area contributed by atoms with Gasteiger partial charge in [-0.2, -0.15) is 0 Å². The van der Waals surface area contributed by atoms with E-state index < -0.39 is 0 Å². The molecule has 1 aliphatic carbocycles. The number of fused-ring (bicyclic) bond motifs is 2. The number of H-pyrrole nitrogens is 1. The van der Waals surface area contributed by atoms with Crippen molar-refractivity contribution >= 4 is 62.7 Å². The Morgan fingerprint density at radius 3 is 2.40 bits per heavy atom. The van der Waals surface area contributed by atoms with E-state index in [9.17, 15) is 5.11 Å². The van der Waals surface area contributed by atoms with E-state index in [2.05, 4.69) is 86.7 Å². The van der Waals surface area contributed by atoms with Crippen molar-refractivity contribution in [3.63, 3.8) is 0 Å². The standard InChI is InChI=1S/C46H47Cl2N5O2/c1-29-9-8-20-53-44(32-15-17-33(47)18-16-32)36-26-34(48)27-38-41(36)42(45(53)40(29)31-10-4-2-5-11-31)43(49-38)46(55)50-37-25-30(28-54)14-19-39(37)52-23-21-51(22-24-52)35-12-6-3-7-13-35/h2,4-5,8,10-11,14-20,25-27,29,35,44,49,54H,3,6-7,9,12-13,21-24,28H2,1H3,(H,50,55). The lowest BCUT2D eigenvalue weighted by molar-refractivity contribution is 0.102. The summed E-state index contributed by atoms with van der Waals surface area (Å²) in [6.45, 7) is 5.93. The summed E-state index contributed by atoms with van der Waals surface area (Å²) < 4.78 is 0. The molecule has 5 aromatic rings. The van der Waals surface area contributed by atoms with Crippen LogP contribution in [0.1, 0.15) is 89.8 Å². The maximum atomic E-state index is 15.0. The molecule has 9 heteroatoms. The van der Waals surface area contributed by atoms with E-state index in [0.717, 1.165) is 82.7 Å². The maximum absolute atomic E-state index is 15.0. The second-order valence-corrected chi connectivity index (χ2v) is 16.5. The molecule has 3 aliphatic heterocycles. The summed E-state index contributed by atoms with van der Waals surface area (Å²) in [7, 11) is 0. The molecule has 55 heavy (non-hydrogen) atoms. The van der Waals surface area contributed by atoms with Gasteiger partial charge in [0.25, 0.3) is 5.91 Å². The molecule has 9 rings (SSSR count). The van der Waals surface area contributed by atoms with E-state index in [4.69, 9.17) is 23.2 Å². The Kier molecular flexibility index (Phi) is 9.98. The van der Waals surface area contributed by atoms with Gasteiger partial charge in [-0.25, -0.2) is 0 Å². The van der Waals surface area contributed by atoms with E-state index in [1.54, 1.807) is 0 Å². The van der Waals surface area contributed by atoms with Crippen LogP contribution in [-0.4, -0.2) is 58.0 Å². The monoisotopic (exact) mass is 771 g/mol. The number of hydrogen-bond donors (Lipinski definition) is 3. The number of amides is 1. The number of aliphatic hydroxyl groups excluding tert-OH is 1. The van der Waals surface area contributed by atoms with Crippen molar-refractivity contribution < 1.29 is 9.90 Å². The van der Waals surface area contributed by atoms with Crippen LogP contribution >= 0.6 is 23.2 Å². The molecule has 282 valence electrons. The molecule has 4 aliphatic rings. The Balaban J connectivity index is 1.18. The number of piperazine rings is 1. The third kappa shape index (κ3) is 6.75. The second-order valence-electron chi connectivity index (χ2n) is 15.6. The van der Waals surface area contributed by atoms with Crippen molar-refractivity contribution in [1.29, 1.82) is 0 Å². The van der Waals surface area contributed by atoms with Crippen molar-refractivity contribution in [2.75, 3.05) is 36.4 Å². The first-order chi connectivity index (χ1) is 26.9. The van der Waals surface area contributed by atoms with Gasteiger partial charge >= 0.3 is 0 Å².